The summed E-state index contributed by atoms with van der Waals surface area (Å²) in [6.45, 7) is 2.46. The average molecular weight is 558 g/mol. The fourth-order valence-electron chi connectivity index (χ4n) is 4.78. The maximum Gasteiger partial charge on any atom is 0.276 e. The van der Waals surface area contributed by atoms with Crippen LogP contribution in [0.15, 0.2) is 48.5 Å². The van der Waals surface area contributed by atoms with Crippen LogP contribution in [0.25, 0.3) is 0 Å². The van der Waals surface area contributed by atoms with E-state index in [0.717, 1.165) is 42.6 Å². The summed E-state index contributed by atoms with van der Waals surface area (Å²) >= 11 is 17.1. The van der Waals surface area contributed by atoms with Crippen LogP contribution < -0.4 is 5.32 Å². The Hall–Kier alpha value is -1.42. The van der Waals surface area contributed by atoms with E-state index in [9.17, 15) is 9.90 Å². The highest BCUT2D eigenvalue weighted by Crippen LogP contribution is 2.39. The van der Waals surface area contributed by atoms with Crippen LogP contribution in [0.1, 0.15) is 48.3 Å². The lowest BCUT2D eigenvalue weighted by Gasteiger charge is -2.39. The van der Waals surface area contributed by atoms with Gasteiger partial charge in [-0.1, -0.05) is 71.2 Å². The maximum absolute atomic E-state index is 12.1. The molecule has 1 amide bonds. The van der Waals surface area contributed by atoms with Crippen LogP contribution in [0.5, 0.6) is 0 Å². The van der Waals surface area contributed by atoms with Crippen molar-refractivity contribution >= 4 is 46.4 Å². The van der Waals surface area contributed by atoms with Crippen molar-refractivity contribution in [2.75, 3.05) is 32.1 Å². The summed E-state index contributed by atoms with van der Waals surface area (Å²) in [6, 6.07) is 15.3. The van der Waals surface area contributed by atoms with Crippen molar-refractivity contribution in [1.82, 2.24) is 4.90 Å². The van der Waals surface area contributed by atoms with Crippen LogP contribution in [-0.4, -0.2) is 58.7 Å². The van der Waals surface area contributed by atoms with Crippen molar-refractivity contribution in [1.29, 1.82) is 0 Å². The molecule has 2 fully saturated rings. The van der Waals surface area contributed by atoms with E-state index in [4.69, 9.17) is 49.0 Å². The number of rotatable bonds is 8. The van der Waals surface area contributed by atoms with Crippen molar-refractivity contribution in [3.05, 3.63) is 65.2 Å². The number of aliphatic hydroxyl groups is 1. The van der Waals surface area contributed by atoms with Gasteiger partial charge in [0.15, 0.2) is 6.29 Å². The van der Waals surface area contributed by atoms with E-state index >= 15 is 0 Å². The van der Waals surface area contributed by atoms with E-state index in [1.54, 1.807) is 25.3 Å². The lowest BCUT2D eigenvalue weighted by atomic mass is 9.99. The van der Waals surface area contributed by atoms with E-state index in [2.05, 4.69) is 10.2 Å². The molecule has 0 radical (unpaired) electrons. The number of methoxy groups -OCH3 is 1. The van der Waals surface area contributed by atoms with E-state index in [0.29, 0.717) is 24.8 Å². The molecule has 196 valence electrons. The van der Waals surface area contributed by atoms with Gasteiger partial charge in [-0.25, -0.2) is 0 Å². The smallest absolute Gasteiger partial charge is 0.276 e. The third kappa shape index (κ3) is 7.11. The van der Waals surface area contributed by atoms with E-state index in [1.165, 1.54) is 0 Å². The Labute approximate surface area is 226 Å². The van der Waals surface area contributed by atoms with Crippen molar-refractivity contribution in [3.63, 3.8) is 0 Å². The average Bonchev–Trinajstić information content (AvgIpc) is 3.30. The molecule has 0 bridgehead atoms. The van der Waals surface area contributed by atoms with Crippen LogP contribution in [0.4, 0.5) is 5.69 Å². The van der Waals surface area contributed by atoms with Crippen molar-refractivity contribution in [2.24, 2.45) is 0 Å². The minimum atomic E-state index is -2.07. The molecule has 36 heavy (non-hydrogen) atoms. The number of likely N-dealkylation sites (tertiary alicyclic amines) is 1. The second-order valence-electron chi connectivity index (χ2n) is 9.17. The summed E-state index contributed by atoms with van der Waals surface area (Å²) < 4.78 is 16.2. The lowest BCUT2D eigenvalue weighted by Crippen LogP contribution is -2.42. The van der Waals surface area contributed by atoms with Gasteiger partial charge in [0, 0.05) is 37.4 Å². The molecular weight excluding hydrogens is 527 g/mol. The highest BCUT2D eigenvalue weighted by atomic mass is 35.6. The number of benzene rings is 2. The molecule has 0 aromatic heterocycles. The van der Waals surface area contributed by atoms with E-state index in [-0.39, 0.29) is 18.8 Å². The third-order valence-electron chi connectivity index (χ3n) is 6.59. The predicted octanol–water partition coefficient (Wildman–Crippen LogP) is 5.14. The number of halogens is 3. The number of nitrogens with one attached hydrogen (secondary N) is 1. The molecule has 2 heterocycles. The highest BCUT2D eigenvalue weighted by molar-refractivity contribution is 6.76. The Morgan fingerprint density at radius 2 is 1.94 bits per heavy atom. The van der Waals surface area contributed by atoms with Gasteiger partial charge in [-0.05, 0) is 42.6 Å². The van der Waals surface area contributed by atoms with Crippen molar-refractivity contribution < 1.29 is 24.1 Å². The van der Waals surface area contributed by atoms with Gasteiger partial charge in [0.05, 0.1) is 25.4 Å². The Balaban J connectivity index is 1.55. The summed E-state index contributed by atoms with van der Waals surface area (Å²) in [5.41, 5.74) is 3.08. The van der Waals surface area contributed by atoms with Crippen molar-refractivity contribution in [3.8, 4) is 0 Å². The first kappa shape index (κ1) is 27.6. The second-order valence-corrected chi connectivity index (χ2v) is 11.5. The standard InChI is InChI=1S/C26H31Cl3N2O5/c1-34-16-21-6-3-11-31(21)14-22-13-23(18-9-7-17(15-32)8-10-18)36-24(35-22)19-4-2-5-20(12-19)30-25(33)26(27,28)29/h2,4-5,7-10,12,21-24,32H,3,6,11,13-16H2,1H3,(H,30,33). The first-order valence-corrected chi connectivity index (χ1v) is 13.1. The van der Waals surface area contributed by atoms with Gasteiger partial charge in [-0.15, -0.1) is 0 Å². The lowest BCUT2D eigenvalue weighted by molar-refractivity contribution is -0.253. The van der Waals surface area contributed by atoms with Gasteiger partial charge in [0.2, 0.25) is 0 Å². The number of amides is 1. The first-order valence-electron chi connectivity index (χ1n) is 12.0. The van der Waals surface area contributed by atoms with Crippen LogP contribution in [0.3, 0.4) is 0 Å². The topological polar surface area (TPSA) is 80.3 Å². The molecule has 2 aromatic carbocycles. The molecular formula is C26H31Cl3N2O5. The monoisotopic (exact) mass is 556 g/mol. The van der Waals surface area contributed by atoms with Crippen LogP contribution in [-0.2, 0) is 25.6 Å². The number of hydrogen-bond acceptors (Lipinski definition) is 6. The summed E-state index contributed by atoms with van der Waals surface area (Å²) in [5, 5.41) is 12.0. The molecule has 0 saturated carbocycles. The number of ether oxygens (including phenoxy) is 3. The van der Waals surface area contributed by atoms with Gasteiger partial charge in [-0.3, -0.25) is 9.69 Å². The van der Waals surface area contributed by atoms with E-state index in [1.807, 2.05) is 30.3 Å². The molecule has 10 heteroatoms. The molecule has 0 spiro atoms. The highest BCUT2D eigenvalue weighted by Gasteiger charge is 2.36. The molecule has 7 nitrogen and oxygen atoms in total. The van der Waals surface area contributed by atoms with Crippen LogP contribution >= 0.6 is 34.8 Å². The van der Waals surface area contributed by atoms with Gasteiger partial charge < -0.3 is 24.6 Å². The number of nitrogens with zero attached hydrogens (tertiary/aromatic N) is 1. The third-order valence-corrected chi connectivity index (χ3v) is 7.10. The second kappa shape index (κ2) is 12.4. The Morgan fingerprint density at radius 1 is 1.17 bits per heavy atom. The zero-order chi connectivity index (χ0) is 25.7. The molecule has 0 aliphatic carbocycles. The number of carbonyl (C=O) groups excluding carboxylic acids is 1. The number of carbonyl (C=O) groups is 1. The molecule has 2 saturated heterocycles. The minimum Gasteiger partial charge on any atom is -0.392 e. The molecule has 2 aromatic rings. The summed E-state index contributed by atoms with van der Waals surface area (Å²) in [7, 11) is 1.73. The van der Waals surface area contributed by atoms with Gasteiger partial charge in [-0.2, -0.15) is 0 Å². The van der Waals surface area contributed by atoms with Gasteiger partial charge >= 0.3 is 0 Å². The van der Waals surface area contributed by atoms with Gasteiger partial charge in [0.1, 0.15) is 0 Å². The number of aliphatic hydroxyl groups excluding tert-OH is 1. The molecule has 2 aliphatic rings. The quantitative estimate of drug-likeness (QED) is 0.437. The molecule has 4 atom stereocenters. The van der Waals surface area contributed by atoms with Crippen LogP contribution in [0.2, 0.25) is 0 Å². The Bertz CT molecular complexity index is 1020. The van der Waals surface area contributed by atoms with Gasteiger partial charge in [0.25, 0.3) is 9.70 Å². The SMILES string of the molecule is COCC1CCCN1CC1CC(c2ccc(CO)cc2)OC(c2cccc(NC(=O)C(Cl)(Cl)Cl)c2)O1. The zero-order valence-electron chi connectivity index (χ0n) is 20.0. The summed E-state index contributed by atoms with van der Waals surface area (Å²) in [4.78, 5) is 14.6. The molecule has 4 rings (SSSR count). The largest absolute Gasteiger partial charge is 0.392 e. The van der Waals surface area contributed by atoms with Crippen molar-refractivity contribution in [2.45, 2.75) is 54.2 Å². The Morgan fingerprint density at radius 3 is 2.64 bits per heavy atom. The molecule has 2 N–H and O–H groups in total. The minimum absolute atomic E-state index is 0.0112. The zero-order valence-corrected chi connectivity index (χ0v) is 22.3. The molecule has 2 aliphatic heterocycles. The molecule has 4 unspecified atom stereocenters. The normalized spacial score (nSPS) is 25.1. The number of hydrogen-bond donors (Lipinski definition) is 2. The fourth-order valence-corrected chi connectivity index (χ4v) is 4.92. The maximum atomic E-state index is 12.1. The summed E-state index contributed by atoms with van der Waals surface area (Å²) in [5.74, 6) is -0.743. The van der Waals surface area contributed by atoms with Crippen LogP contribution in [0, 0.1) is 0 Å². The van der Waals surface area contributed by atoms with E-state index < -0.39 is 16.0 Å². The fraction of sp³-hybridized carbons (Fsp3) is 0.500. The number of alkyl halides is 3. The predicted molar refractivity (Wildman–Crippen MR) is 140 cm³/mol. The first-order chi connectivity index (χ1) is 17.3. The number of anilines is 1. The summed E-state index contributed by atoms with van der Waals surface area (Å²) in [6.07, 6.45) is 2.00. The Kier molecular flexibility index (Phi) is 9.52.